The average Bonchev–Trinajstić information content (AvgIpc) is 3.23. The monoisotopic (exact) mass is 312 g/mol. The molecule has 0 saturated carbocycles. The first-order valence-corrected chi connectivity index (χ1v) is 7.94. The summed E-state index contributed by atoms with van der Waals surface area (Å²) in [5, 5.41) is 2.96. The van der Waals surface area contributed by atoms with E-state index in [-0.39, 0.29) is 11.8 Å². The predicted molar refractivity (Wildman–Crippen MR) is 94.7 cm³/mol. The molecule has 1 amide bonds. The standard InChI is InChI=1S/C21H16N2O/c24-21-19(14-17-7-4-12-22-17)18-13-16(10-11-20(18)23-21)9-8-15-5-2-1-3-6-15/h1-7,10-13,19,22H,14H2,(H,23,24). The van der Waals surface area contributed by atoms with Crippen LogP contribution in [0.25, 0.3) is 0 Å². The lowest BCUT2D eigenvalue weighted by Crippen LogP contribution is -2.14. The number of fused-ring (bicyclic) bond motifs is 1. The Labute approximate surface area is 140 Å². The van der Waals surface area contributed by atoms with Gasteiger partial charge in [0, 0.05) is 35.1 Å². The number of carbonyl (C=O) groups is 1. The van der Waals surface area contributed by atoms with Gasteiger partial charge in [-0.05, 0) is 48.0 Å². The molecular weight excluding hydrogens is 296 g/mol. The first-order valence-electron chi connectivity index (χ1n) is 7.94. The SMILES string of the molecule is O=C1Nc2ccc(C#Cc3ccccc3)cc2C1Cc1ccc[nH]1. The van der Waals surface area contributed by atoms with E-state index >= 15 is 0 Å². The lowest BCUT2D eigenvalue weighted by Gasteiger charge is -2.07. The van der Waals surface area contributed by atoms with Crippen molar-refractivity contribution in [1.82, 2.24) is 4.98 Å². The van der Waals surface area contributed by atoms with Crippen molar-refractivity contribution in [3.8, 4) is 11.8 Å². The van der Waals surface area contributed by atoms with Crippen molar-refractivity contribution < 1.29 is 4.79 Å². The second kappa shape index (κ2) is 6.10. The van der Waals surface area contributed by atoms with Gasteiger partial charge >= 0.3 is 0 Å². The first kappa shape index (κ1) is 14.3. The van der Waals surface area contributed by atoms with E-state index in [4.69, 9.17) is 0 Å². The lowest BCUT2D eigenvalue weighted by molar-refractivity contribution is -0.117. The molecule has 2 aromatic carbocycles. The third-order valence-corrected chi connectivity index (χ3v) is 4.21. The molecule has 0 saturated heterocycles. The molecule has 1 unspecified atom stereocenters. The van der Waals surface area contributed by atoms with E-state index in [1.165, 1.54) is 0 Å². The van der Waals surface area contributed by atoms with Gasteiger partial charge in [-0.15, -0.1) is 0 Å². The summed E-state index contributed by atoms with van der Waals surface area (Å²) >= 11 is 0. The van der Waals surface area contributed by atoms with E-state index in [2.05, 4.69) is 22.1 Å². The highest BCUT2D eigenvalue weighted by Gasteiger charge is 2.30. The number of H-pyrrole nitrogens is 1. The second-order valence-electron chi connectivity index (χ2n) is 5.86. The fourth-order valence-corrected chi connectivity index (χ4v) is 2.99. The fraction of sp³-hybridized carbons (Fsp3) is 0.0952. The van der Waals surface area contributed by atoms with Gasteiger partial charge in [0.15, 0.2) is 0 Å². The van der Waals surface area contributed by atoms with Crippen LogP contribution in [0.5, 0.6) is 0 Å². The Kier molecular flexibility index (Phi) is 3.64. The van der Waals surface area contributed by atoms with Gasteiger partial charge < -0.3 is 10.3 Å². The van der Waals surface area contributed by atoms with E-state index in [0.29, 0.717) is 6.42 Å². The van der Waals surface area contributed by atoms with Crippen LogP contribution in [-0.4, -0.2) is 10.9 Å². The van der Waals surface area contributed by atoms with Gasteiger partial charge in [-0.2, -0.15) is 0 Å². The van der Waals surface area contributed by atoms with Crippen LogP contribution in [0.1, 0.15) is 28.3 Å². The molecule has 1 aromatic heterocycles. The molecule has 0 spiro atoms. The number of amides is 1. The molecule has 2 heterocycles. The molecule has 24 heavy (non-hydrogen) atoms. The zero-order valence-electron chi connectivity index (χ0n) is 13.0. The second-order valence-corrected chi connectivity index (χ2v) is 5.86. The van der Waals surface area contributed by atoms with Gasteiger partial charge in [-0.3, -0.25) is 4.79 Å². The Bertz CT molecular complexity index is 931. The van der Waals surface area contributed by atoms with E-state index in [9.17, 15) is 4.79 Å². The molecule has 2 N–H and O–H groups in total. The number of anilines is 1. The molecule has 0 fully saturated rings. The molecule has 116 valence electrons. The van der Waals surface area contributed by atoms with Crippen molar-refractivity contribution in [3.05, 3.63) is 89.2 Å². The number of rotatable bonds is 2. The van der Waals surface area contributed by atoms with Crippen LogP contribution in [-0.2, 0) is 11.2 Å². The van der Waals surface area contributed by atoms with Crippen molar-refractivity contribution in [2.45, 2.75) is 12.3 Å². The Morgan fingerprint density at radius 2 is 1.75 bits per heavy atom. The van der Waals surface area contributed by atoms with Crippen LogP contribution < -0.4 is 5.32 Å². The maximum Gasteiger partial charge on any atom is 0.232 e. The van der Waals surface area contributed by atoms with Gasteiger partial charge in [-0.1, -0.05) is 30.0 Å². The molecule has 3 nitrogen and oxygen atoms in total. The van der Waals surface area contributed by atoms with Gasteiger partial charge in [-0.25, -0.2) is 0 Å². The van der Waals surface area contributed by atoms with Crippen molar-refractivity contribution >= 4 is 11.6 Å². The van der Waals surface area contributed by atoms with Crippen LogP contribution in [0.2, 0.25) is 0 Å². The Morgan fingerprint density at radius 3 is 2.54 bits per heavy atom. The normalized spacial score (nSPS) is 15.3. The molecule has 1 aliphatic rings. The van der Waals surface area contributed by atoms with Crippen molar-refractivity contribution in [2.75, 3.05) is 5.32 Å². The predicted octanol–water partition coefficient (Wildman–Crippen LogP) is 3.69. The largest absolute Gasteiger partial charge is 0.365 e. The molecule has 3 aromatic rings. The number of nitrogens with one attached hydrogen (secondary N) is 2. The summed E-state index contributed by atoms with van der Waals surface area (Å²) in [4.78, 5) is 15.5. The molecule has 1 atom stereocenters. The zero-order chi connectivity index (χ0) is 16.4. The molecule has 1 aliphatic heterocycles. The molecule has 3 heteroatoms. The maximum absolute atomic E-state index is 12.3. The average molecular weight is 312 g/mol. The van der Waals surface area contributed by atoms with Crippen molar-refractivity contribution in [1.29, 1.82) is 0 Å². The summed E-state index contributed by atoms with van der Waals surface area (Å²) in [6, 6.07) is 19.8. The van der Waals surface area contributed by atoms with Crippen molar-refractivity contribution in [2.24, 2.45) is 0 Å². The van der Waals surface area contributed by atoms with Crippen LogP contribution in [0.3, 0.4) is 0 Å². The Hall–Kier alpha value is -3.25. The highest BCUT2D eigenvalue weighted by atomic mass is 16.2. The molecule has 0 radical (unpaired) electrons. The van der Waals surface area contributed by atoms with Crippen molar-refractivity contribution in [3.63, 3.8) is 0 Å². The summed E-state index contributed by atoms with van der Waals surface area (Å²) < 4.78 is 0. The number of hydrogen-bond acceptors (Lipinski definition) is 1. The minimum Gasteiger partial charge on any atom is -0.365 e. The van der Waals surface area contributed by atoms with Crippen LogP contribution in [0.15, 0.2) is 66.9 Å². The molecule has 4 rings (SSSR count). The van der Waals surface area contributed by atoms with Crippen LogP contribution >= 0.6 is 0 Å². The summed E-state index contributed by atoms with van der Waals surface area (Å²) in [5.74, 6) is 6.23. The number of aromatic amines is 1. The summed E-state index contributed by atoms with van der Waals surface area (Å²) in [5.41, 5.74) is 4.88. The fourth-order valence-electron chi connectivity index (χ4n) is 2.99. The highest BCUT2D eigenvalue weighted by Crippen LogP contribution is 2.35. The Balaban J connectivity index is 1.64. The molecule has 0 bridgehead atoms. The van der Waals surface area contributed by atoms with Gasteiger partial charge in [0.2, 0.25) is 5.91 Å². The summed E-state index contributed by atoms with van der Waals surface area (Å²) in [6.07, 6.45) is 2.55. The highest BCUT2D eigenvalue weighted by molar-refractivity contribution is 6.03. The molecular formula is C21H16N2O. The summed E-state index contributed by atoms with van der Waals surface area (Å²) in [6.45, 7) is 0. The third kappa shape index (κ3) is 2.82. The number of carbonyl (C=O) groups excluding carboxylic acids is 1. The lowest BCUT2D eigenvalue weighted by atomic mass is 9.94. The number of benzene rings is 2. The van der Waals surface area contributed by atoms with Crippen LogP contribution in [0.4, 0.5) is 5.69 Å². The van der Waals surface area contributed by atoms with Gasteiger partial charge in [0.25, 0.3) is 0 Å². The van der Waals surface area contributed by atoms with E-state index in [0.717, 1.165) is 28.1 Å². The van der Waals surface area contributed by atoms with Crippen LogP contribution in [0, 0.1) is 11.8 Å². The minimum atomic E-state index is -0.169. The topological polar surface area (TPSA) is 44.9 Å². The number of hydrogen-bond donors (Lipinski definition) is 2. The summed E-state index contributed by atoms with van der Waals surface area (Å²) in [7, 11) is 0. The third-order valence-electron chi connectivity index (χ3n) is 4.21. The van der Waals surface area contributed by atoms with Gasteiger partial charge in [0.1, 0.15) is 0 Å². The zero-order valence-corrected chi connectivity index (χ0v) is 13.0. The number of aromatic nitrogens is 1. The maximum atomic E-state index is 12.3. The smallest absolute Gasteiger partial charge is 0.232 e. The van der Waals surface area contributed by atoms with E-state index < -0.39 is 0 Å². The van der Waals surface area contributed by atoms with E-state index in [1.807, 2.05) is 66.9 Å². The van der Waals surface area contributed by atoms with Gasteiger partial charge in [0.05, 0.1) is 5.92 Å². The first-order chi connectivity index (χ1) is 11.8. The minimum absolute atomic E-state index is 0.0489. The van der Waals surface area contributed by atoms with E-state index in [1.54, 1.807) is 0 Å². The quantitative estimate of drug-likeness (QED) is 0.696. The molecule has 0 aliphatic carbocycles. The Morgan fingerprint density at radius 1 is 0.917 bits per heavy atom.